The quantitative estimate of drug-likeness (QED) is 0.390. The van der Waals surface area contributed by atoms with Crippen LogP contribution < -0.4 is 4.74 Å². The lowest BCUT2D eigenvalue weighted by Crippen LogP contribution is -2.12. The zero-order chi connectivity index (χ0) is 15.5. The highest BCUT2D eigenvalue weighted by molar-refractivity contribution is 6.30. The average Bonchev–Trinajstić information content (AvgIpc) is 2.47. The van der Waals surface area contributed by atoms with Gasteiger partial charge in [0.1, 0.15) is 5.75 Å². The molecule has 1 aromatic rings. The van der Waals surface area contributed by atoms with Crippen LogP contribution in [0.1, 0.15) is 45.4 Å². The van der Waals surface area contributed by atoms with Crippen LogP contribution in [-0.4, -0.2) is 18.5 Å². The first-order chi connectivity index (χ1) is 10.1. The number of halogens is 1. The molecule has 0 aromatic heterocycles. The number of esters is 2. The Morgan fingerprint density at radius 2 is 1.67 bits per heavy atom. The van der Waals surface area contributed by atoms with E-state index in [-0.39, 0.29) is 18.8 Å². The SMILES string of the molecule is CCCCCCOC(=O)CCC(=O)Oc1ccc(Cl)cc1. The Morgan fingerprint density at radius 3 is 2.33 bits per heavy atom. The molecular weight excluding hydrogens is 292 g/mol. The second-order valence-electron chi connectivity index (χ2n) is 4.71. The van der Waals surface area contributed by atoms with Crippen LogP contribution >= 0.6 is 11.6 Å². The van der Waals surface area contributed by atoms with E-state index in [1.807, 2.05) is 0 Å². The molecule has 0 saturated carbocycles. The van der Waals surface area contributed by atoms with Gasteiger partial charge in [0, 0.05) is 5.02 Å². The molecule has 4 nitrogen and oxygen atoms in total. The van der Waals surface area contributed by atoms with Crippen LogP contribution in [0.2, 0.25) is 5.02 Å². The van der Waals surface area contributed by atoms with E-state index in [1.165, 1.54) is 0 Å². The van der Waals surface area contributed by atoms with Gasteiger partial charge in [-0.15, -0.1) is 0 Å². The van der Waals surface area contributed by atoms with Crippen molar-refractivity contribution in [3.63, 3.8) is 0 Å². The highest BCUT2D eigenvalue weighted by atomic mass is 35.5. The van der Waals surface area contributed by atoms with Crippen molar-refractivity contribution in [3.8, 4) is 5.75 Å². The van der Waals surface area contributed by atoms with E-state index in [1.54, 1.807) is 24.3 Å². The number of hydrogen-bond donors (Lipinski definition) is 0. The summed E-state index contributed by atoms with van der Waals surface area (Å²) in [6.45, 7) is 2.55. The van der Waals surface area contributed by atoms with E-state index in [4.69, 9.17) is 21.1 Å². The molecule has 0 amide bonds. The van der Waals surface area contributed by atoms with Gasteiger partial charge >= 0.3 is 11.9 Å². The Bertz CT molecular complexity index is 442. The highest BCUT2D eigenvalue weighted by Crippen LogP contribution is 2.16. The highest BCUT2D eigenvalue weighted by Gasteiger charge is 2.10. The van der Waals surface area contributed by atoms with Crippen LogP contribution in [0, 0.1) is 0 Å². The van der Waals surface area contributed by atoms with Gasteiger partial charge in [0.25, 0.3) is 0 Å². The molecule has 0 fully saturated rings. The zero-order valence-corrected chi connectivity index (χ0v) is 13.0. The number of carbonyl (C=O) groups is 2. The molecule has 0 aliphatic heterocycles. The van der Waals surface area contributed by atoms with Crippen LogP contribution in [0.15, 0.2) is 24.3 Å². The maximum absolute atomic E-state index is 11.6. The minimum atomic E-state index is -0.458. The molecule has 0 unspecified atom stereocenters. The van der Waals surface area contributed by atoms with Crippen molar-refractivity contribution in [1.29, 1.82) is 0 Å². The molecular formula is C16H21ClO4. The molecule has 0 N–H and O–H groups in total. The Balaban J connectivity index is 2.14. The Morgan fingerprint density at radius 1 is 1.00 bits per heavy atom. The van der Waals surface area contributed by atoms with Crippen LogP contribution in [0.4, 0.5) is 0 Å². The first-order valence-electron chi connectivity index (χ1n) is 7.23. The zero-order valence-electron chi connectivity index (χ0n) is 12.3. The van der Waals surface area contributed by atoms with Crippen LogP contribution in [0.5, 0.6) is 5.75 Å². The summed E-state index contributed by atoms with van der Waals surface area (Å²) in [6.07, 6.45) is 4.27. The first kappa shape index (κ1) is 17.5. The molecule has 5 heteroatoms. The van der Waals surface area contributed by atoms with E-state index in [0.717, 1.165) is 25.7 Å². The summed E-state index contributed by atoms with van der Waals surface area (Å²) < 4.78 is 10.1. The summed E-state index contributed by atoms with van der Waals surface area (Å²) in [4.78, 5) is 23.0. The normalized spacial score (nSPS) is 10.2. The molecule has 0 aliphatic rings. The molecule has 0 saturated heterocycles. The fourth-order valence-electron chi connectivity index (χ4n) is 1.68. The predicted molar refractivity (Wildman–Crippen MR) is 81.4 cm³/mol. The van der Waals surface area contributed by atoms with Crippen molar-refractivity contribution in [1.82, 2.24) is 0 Å². The van der Waals surface area contributed by atoms with Crippen molar-refractivity contribution in [2.24, 2.45) is 0 Å². The second-order valence-corrected chi connectivity index (χ2v) is 5.15. The van der Waals surface area contributed by atoms with Gasteiger partial charge in [-0.05, 0) is 30.7 Å². The van der Waals surface area contributed by atoms with Crippen molar-refractivity contribution in [2.75, 3.05) is 6.61 Å². The molecule has 0 spiro atoms. The van der Waals surface area contributed by atoms with Crippen molar-refractivity contribution in [3.05, 3.63) is 29.3 Å². The fraction of sp³-hybridized carbons (Fsp3) is 0.500. The topological polar surface area (TPSA) is 52.6 Å². The molecule has 0 heterocycles. The van der Waals surface area contributed by atoms with Gasteiger partial charge in [-0.3, -0.25) is 9.59 Å². The largest absolute Gasteiger partial charge is 0.466 e. The van der Waals surface area contributed by atoms with E-state index in [2.05, 4.69) is 6.92 Å². The fourth-order valence-corrected chi connectivity index (χ4v) is 1.80. The van der Waals surface area contributed by atoms with E-state index < -0.39 is 5.97 Å². The van der Waals surface area contributed by atoms with Gasteiger partial charge in [-0.2, -0.15) is 0 Å². The average molecular weight is 313 g/mol. The molecule has 116 valence electrons. The molecule has 0 aliphatic carbocycles. The standard InChI is InChI=1S/C16H21ClO4/c1-2-3-4-5-12-20-15(18)10-11-16(19)21-14-8-6-13(17)7-9-14/h6-9H,2-5,10-12H2,1H3. The number of ether oxygens (including phenoxy) is 2. The summed E-state index contributed by atoms with van der Waals surface area (Å²) in [5, 5.41) is 0.571. The lowest BCUT2D eigenvalue weighted by atomic mass is 10.2. The minimum Gasteiger partial charge on any atom is -0.466 e. The van der Waals surface area contributed by atoms with Gasteiger partial charge in [0.2, 0.25) is 0 Å². The number of benzene rings is 1. The maximum atomic E-state index is 11.6. The Kier molecular flexibility index (Phi) is 8.51. The third kappa shape index (κ3) is 8.35. The third-order valence-corrected chi connectivity index (χ3v) is 3.09. The van der Waals surface area contributed by atoms with Crippen LogP contribution in [-0.2, 0) is 14.3 Å². The van der Waals surface area contributed by atoms with E-state index >= 15 is 0 Å². The summed E-state index contributed by atoms with van der Waals surface area (Å²) in [6, 6.07) is 6.47. The lowest BCUT2D eigenvalue weighted by Gasteiger charge is -2.05. The van der Waals surface area contributed by atoms with E-state index in [9.17, 15) is 9.59 Å². The molecule has 21 heavy (non-hydrogen) atoms. The lowest BCUT2D eigenvalue weighted by molar-refractivity contribution is -0.147. The summed E-state index contributed by atoms with van der Waals surface area (Å²) in [5.74, 6) is -0.405. The second kappa shape index (κ2) is 10.2. The van der Waals surface area contributed by atoms with Crippen LogP contribution in [0.3, 0.4) is 0 Å². The summed E-state index contributed by atoms with van der Waals surface area (Å²) in [7, 11) is 0. The maximum Gasteiger partial charge on any atom is 0.311 e. The third-order valence-electron chi connectivity index (χ3n) is 2.84. The number of unbranched alkanes of at least 4 members (excludes halogenated alkanes) is 3. The van der Waals surface area contributed by atoms with Crippen molar-refractivity contribution in [2.45, 2.75) is 45.4 Å². The molecule has 1 rings (SSSR count). The molecule has 0 atom stereocenters. The van der Waals surface area contributed by atoms with Crippen molar-refractivity contribution < 1.29 is 19.1 Å². The molecule has 0 bridgehead atoms. The Labute approximate surface area is 130 Å². The van der Waals surface area contributed by atoms with Gasteiger partial charge in [-0.1, -0.05) is 37.8 Å². The number of hydrogen-bond acceptors (Lipinski definition) is 4. The molecule has 0 radical (unpaired) electrons. The number of carbonyl (C=O) groups excluding carboxylic acids is 2. The van der Waals surface area contributed by atoms with Gasteiger partial charge in [0.05, 0.1) is 19.4 Å². The van der Waals surface area contributed by atoms with Crippen LogP contribution in [0.25, 0.3) is 0 Å². The van der Waals surface area contributed by atoms with Gasteiger partial charge < -0.3 is 9.47 Å². The molecule has 1 aromatic carbocycles. The Hall–Kier alpha value is -1.55. The monoisotopic (exact) mass is 312 g/mol. The summed E-state index contributed by atoms with van der Waals surface area (Å²) >= 11 is 5.73. The van der Waals surface area contributed by atoms with Gasteiger partial charge in [-0.25, -0.2) is 0 Å². The predicted octanol–water partition coefficient (Wildman–Crippen LogP) is 4.15. The van der Waals surface area contributed by atoms with Gasteiger partial charge in [0.15, 0.2) is 0 Å². The first-order valence-corrected chi connectivity index (χ1v) is 7.61. The minimum absolute atomic E-state index is 0.0103. The number of rotatable bonds is 9. The van der Waals surface area contributed by atoms with Crippen molar-refractivity contribution >= 4 is 23.5 Å². The summed E-state index contributed by atoms with van der Waals surface area (Å²) in [5.41, 5.74) is 0. The smallest absolute Gasteiger partial charge is 0.311 e. The van der Waals surface area contributed by atoms with E-state index in [0.29, 0.717) is 17.4 Å².